The summed E-state index contributed by atoms with van der Waals surface area (Å²) in [5.41, 5.74) is 3.78. The van der Waals surface area contributed by atoms with Gasteiger partial charge in [0.05, 0.1) is 0 Å². The summed E-state index contributed by atoms with van der Waals surface area (Å²) in [4.78, 5) is 0. The molecule has 0 amide bonds. The maximum Gasteiger partial charge on any atom is 0.340 e. The van der Waals surface area contributed by atoms with Gasteiger partial charge in [-0.1, -0.05) is 130 Å². The predicted molar refractivity (Wildman–Crippen MR) is 151 cm³/mol. The minimum Gasteiger partial charge on any atom is -0.194 e. The highest BCUT2D eigenvalue weighted by Crippen LogP contribution is 2.51. The normalized spacial score (nSPS) is 16.4. The van der Waals surface area contributed by atoms with Gasteiger partial charge in [-0.05, 0) is 52.6 Å². The van der Waals surface area contributed by atoms with E-state index in [2.05, 4.69) is 31.2 Å². The molecule has 0 unspecified atom stereocenters. The van der Waals surface area contributed by atoms with E-state index in [4.69, 9.17) is 0 Å². The molecule has 0 aromatic heterocycles. The molecule has 4 rings (SSSR count). The van der Waals surface area contributed by atoms with Crippen molar-refractivity contribution in [1.82, 2.24) is 0 Å². The van der Waals surface area contributed by atoms with Crippen molar-refractivity contribution in [3.05, 3.63) is 119 Å². The number of halogens is 4. The number of hydrogen-bond donors (Lipinski definition) is 0. The molecule has 0 atom stereocenters. The fourth-order valence-corrected chi connectivity index (χ4v) is 4.73. The van der Waals surface area contributed by atoms with Gasteiger partial charge in [0.15, 0.2) is 0 Å². The lowest BCUT2D eigenvalue weighted by atomic mass is 9.86. The van der Waals surface area contributed by atoms with Gasteiger partial charge in [0, 0.05) is 11.1 Å². The van der Waals surface area contributed by atoms with E-state index in [1.54, 1.807) is 24.3 Å². The highest BCUT2D eigenvalue weighted by molar-refractivity contribution is 5.77. The fraction of sp³-hybridized carbons (Fsp3) is 0.294. The summed E-state index contributed by atoms with van der Waals surface area (Å²) in [6, 6.07) is 22.3. The lowest BCUT2D eigenvalue weighted by molar-refractivity contribution is -0.146. The molecule has 0 saturated carbocycles. The first-order valence-corrected chi connectivity index (χ1v) is 13.4. The van der Waals surface area contributed by atoms with E-state index >= 15 is 8.78 Å². The van der Waals surface area contributed by atoms with Crippen molar-refractivity contribution in [3.8, 4) is 11.1 Å². The summed E-state index contributed by atoms with van der Waals surface area (Å²) in [5.74, 6) is -8.64. The van der Waals surface area contributed by atoms with Gasteiger partial charge in [-0.2, -0.15) is 17.6 Å². The topological polar surface area (TPSA) is 0 Å². The third-order valence-electron chi connectivity index (χ3n) is 7.05. The van der Waals surface area contributed by atoms with Gasteiger partial charge in [-0.25, -0.2) is 0 Å². The van der Waals surface area contributed by atoms with Crippen LogP contribution in [-0.4, -0.2) is 11.8 Å². The standard InChI is InChI=1S/C34H34F4/c1-3-5-6-8-26-9-16-28(17-10-26)29-18-11-27(12-19-29)15-22-31-23-24-32(34(37,38)33(31,35)36)30-20-13-25(7-4-2)14-21-30/h9-24H,3-8H2,1-2H3/b22-15+. The molecule has 38 heavy (non-hydrogen) atoms. The van der Waals surface area contributed by atoms with E-state index in [0.29, 0.717) is 5.56 Å². The van der Waals surface area contributed by atoms with E-state index in [1.807, 2.05) is 19.1 Å². The summed E-state index contributed by atoms with van der Waals surface area (Å²) in [6.07, 6.45) is 11.2. The molecule has 0 saturated heterocycles. The first-order chi connectivity index (χ1) is 18.3. The van der Waals surface area contributed by atoms with Crippen LogP contribution in [0.3, 0.4) is 0 Å². The van der Waals surface area contributed by atoms with Crippen LogP contribution >= 0.6 is 0 Å². The average Bonchev–Trinajstić information content (AvgIpc) is 2.91. The van der Waals surface area contributed by atoms with Gasteiger partial charge in [0.1, 0.15) is 0 Å². The summed E-state index contributed by atoms with van der Waals surface area (Å²) in [5, 5.41) is 0. The third kappa shape index (κ3) is 6.01. The molecule has 0 heterocycles. The van der Waals surface area contributed by atoms with Gasteiger partial charge in [-0.15, -0.1) is 0 Å². The zero-order valence-electron chi connectivity index (χ0n) is 22.0. The number of rotatable bonds is 10. The van der Waals surface area contributed by atoms with Crippen molar-refractivity contribution < 1.29 is 17.6 Å². The Morgan fingerprint density at radius 1 is 0.553 bits per heavy atom. The number of aryl methyl sites for hydroxylation is 2. The Bertz CT molecular complexity index is 1290. The van der Waals surface area contributed by atoms with Crippen molar-refractivity contribution in [3.63, 3.8) is 0 Å². The van der Waals surface area contributed by atoms with Crippen molar-refractivity contribution in [1.29, 1.82) is 0 Å². The molecule has 0 nitrogen and oxygen atoms in total. The first kappa shape index (κ1) is 27.6. The molecule has 0 bridgehead atoms. The number of benzene rings is 3. The predicted octanol–water partition coefficient (Wildman–Crippen LogP) is 10.3. The van der Waals surface area contributed by atoms with Crippen LogP contribution in [-0.2, 0) is 12.8 Å². The largest absolute Gasteiger partial charge is 0.340 e. The molecular formula is C34H34F4. The summed E-state index contributed by atoms with van der Waals surface area (Å²) >= 11 is 0. The second-order valence-corrected chi connectivity index (χ2v) is 9.91. The van der Waals surface area contributed by atoms with E-state index in [-0.39, 0.29) is 5.56 Å². The number of allylic oxidation sites excluding steroid dienone is 5. The SMILES string of the molecule is CCCCCc1ccc(-c2ccc(/C=C/C3=CC=C(c4ccc(CCC)cc4)C(F)(F)C3(F)F)cc2)cc1. The maximum atomic E-state index is 15.0. The Hall–Kier alpha value is -3.40. The lowest BCUT2D eigenvalue weighted by Crippen LogP contribution is -2.44. The Morgan fingerprint density at radius 2 is 1.11 bits per heavy atom. The maximum absolute atomic E-state index is 15.0. The van der Waals surface area contributed by atoms with Crippen LogP contribution in [0.15, 0.2) is 96.6 Å². The summed E-state index contributed by atoms with van der Waals surface area (Å²) in [7, 11) is 0. The minimum absolute atomic E-state index is 0.110. The van der Waals surface area contributed by atoms with Crippen LogP contribution in [0.4, 0.5) is 17.6 Å². The van der Waals surface area contributed by atoms with Crippen LogP contribution in [0.1, 0.15) is 61.8 Å². The van der Waals surface area contributed by atoms with Crippen molar-refractivity contribution in [2.75, 3.05) is 0 Å². The minimum atomic E-state index is -4.32. The Kier molecular flexibility index (Phi) is 8.71. The smallest absolute Gasteiger partial charge is 0.194 e. The molecule has 0 fully saturated rings. The number of alkyl halides is 4. The Balaban J connectivity index is 1.49. The zero-order valence-corrected chi connectivity index (χ0v) is 22.0. The van der Waals surface area contributed by atoms with Gasteiger partial charge >= 0.3 is 11.8 Å². The molecule has 1 aliphatic carbocycles. The zero-order chi connectivity index (χ0) is 27.2. The van der Waals surface area contributed by atoms with Crippen LogP contribution in [0.25, 0.3) is 22.8 Å². The van der Waals surface area contributed by atoms with E-state index in [0.717, 1.165) is 54.2 Å². The quantitative estimate of drug-likeness (QED) is 0.185. The average molecular weight is 519 g/mol. The van der Waals surface area contributed by atoms with Crippen LogP contribution in [0.5, 0.6) is 0 Å². The molecule has 0 spiro atoms. The molecule has 4 heteroatoms. The van der Waals surface area contributed by atoms with Crippen molar-refractivity contribution in [2.24, 2.45) is 0 Å². The van der Waals surface area contributed by atoms with Gasteiger partial charge in [-0.3, -0.25) is 0 Å². The third-order valence-corrected chi connectivity index (χ3v) is 7.05. The van der Waals surface area contributed by atoms with Crippen LogP contribution in [0.2, 0.25) is 0 Å². The molecule has 198 valence electrons. The van der Waals surface area contributed by atoms with E-state index in [9.17, 15) is 8.78 Å². The lowest BCUT2D eigenvalue weighted by Gasteiger charge is -2.32. The van der Waals surface area contributed by atoms with Gasteiger partial charge in [0.25, 0.3) is 0 Å². The molecule has 0 radical (unpaired) electrons. The fourth-order valence-electron chi connectivity index (χ4n) is 4.73. The second-order valence-electron chi connectivity index (χ2n) is 9.91. The van der Waals surface area contributed by atoms with E-state index < -0.39 is 23.0 Å². The van der Waals surface area contributed by atoms with Crippen LogP contribution < -0.4 is 0 Å². The molecule has 0 aliphatic heterocycles. The molecule has 3 aromatic rings. The number of unbranched alkanes of at least 4 members (excludes halogenated alkanes) is 2. The molecule has 3 aromatic carbocycles. The van der Waals surface area contributed by atoms with E-state index in [1.165, 1.54) is 43.0 Å². The monoisotopic (exact) mass is 518 g/mol. The van der Waals surface area contributed by atoms with Crippen molar-refractivity contribution in [2.45, 2.75) is 64.2 Å². The molecule has 0 N–H and O–H groups in total. The summed E-state index contributed by atoms with van der Waals surface area (Å²) < 4.78 is 60.0. The Labute approximate surface area is 223 Å². The molecule has 1 aliphatic rings. The van der Waals surface area contributed by atoms with Gasteiger partial charge < -0.3 is 0 Å². The number of hydrogen-bond acceptors (Lipinski definition) is 0. The van der Waals surface area contributed by atoms with Gasteiger partial charge in [0.2, 0.25) is 0 Å². The van der Waals surface area contributed by atoms with Crippen molar-refractivity contribution >= 4 is 11.6 Å². The highest BCUT2D eigenvalue weighted by Gasteiger charge is 2.61. The molecular weight excluding hydrogens is 484 g/mol. The Morgan fingerprint density at radius 3 is 1.68 bits per heavy atom. The van der Waals surface area contributed by atoms with Crippen LogP contribution in [0, 0.1) is 0 Å². The second kappa shape index (κ2) is 12.0. The highest BCUT2D eigenvalue weighted by atomic mass is 19.3. The first-order valence-electron chi connectivity index (χ1n) is 13.4. The summed E-state index contributed by atoms with van der Waals surface area (Å²) in [6.45, 7) is 4.21.